The van der Waals surface area contributed by atoms with Gasteiger partial charge in [-0.1, -0.05) is 19.1 Å². The first-order valence-corrected chi connectivity index (χ1v) is 5.37. The van der Waals surface area contributed by atoms with Crippen LogP contribution in [0.25, 0.3) is 0 Å². The van der Waals surface area contributed by atoms with Crippen molar-refractivity contribution in [3.05, 3.63) is 29.8 Å². The zero-order valence-corrected chi connectivity index (χ0v) is 9.29. The number of benzene rings is 1. The first kappa shape index (κ1) is 12.2. The minimum absolute atomic E-state index is 0.266. The fraction of sp³-hybridized carbons (Fsp3) is 0.500. The maximum atomic E-state index is 11.9. The van der Waals surface area contributed by atoms with Gasteiger partial charge in [0, 0.05) is 0 Å². The van der Waals surface area contributed by atoms with Crippen LogP contribution in [-0.2, 0) is 5.60 Å². The van der Waals surface area contributed by atoms with Gasteiger partial charge in [0.1, 0.15) is 5.75 Å². The number of alkyl halides is 3. The molecule has 5 heteroatoms. The highest BCUT2D eigenvalue weighted by atomic mass is 19.4. The minimum Gasteiger partial charge on any atom is -0.406 e. The van der Waals surface area contributed by atoms with E-state index in [1.165, 1.54) is 24.3 Å². The molecule has 1 aliphatic rings. The van der Waals surface area contributed by atoms with Crippen LogP contribution < -0.4 is 4.74 Å². The van der Waals surface area contributed by atoms with E-state index >= 15 is 0 Å². The van der Waals surface area contributed by atoms with E-state index in [2.05, 4.69) is 4.74 Å². The Balaban J connectivity index is 2.09. The first-order chi connectivity index (χ1) is 7.78. The predicted octanol–water partition coefficient (Wildman–Crippen LogP) is 3.20. The lowest BCUT2D eigenvalue weighted by Gasteiger charge is -2.42. The van der Waals surface area contributed by atoms with Gasteiger partial charge in [-0.05, 0) is 36.5 Å². The average Bonchev–Trinajstić information content (AvgIpc) is 2.14. The Morgan fingerprint density at radius 3 is 2.18 bits per heavy atom. The van der Waals surface area contributed by atoms with Crippen LogP contribution in [0.5, 0.6) is 5.75 Å². The lowest BCUT2D eigenvalue weighted by molar-refractivity contribution is -0.274. The first-order valence-electron chi connectivity index (χ1n) is 5.37. The van der Waals surface area contributed by atoms with E-state index in [9.17, 15) is 18.3 Å². The van der Waals surface area contributed by atoms with E-state index < -0.39 is 12.0 Å². The molecule has 0 amide bonds. The summed E-state index contributed by atoms with van der Waals surface area (Å²) in [5.74, 6) is 0.184. The minimum atomic E-state index is -4.68. The van der Waals surface area contributed by atoms with Gasteiger partial charge in [-0.2, -0.15) is 0 Å². The van der Waals surface area contributed by atoms with Crippen molar-refractivity contribution in [2.45, 2.75) is 31.7 Å². The number of halogens is 3. The van der Waals surface area contributed by atoms with Gasteiger partial charge < -0.3 is 9.84 Å². The van der Waals surface area contributed by atoms with E-state index in [1.54, 1.807) is 0 Å². The van der Waals surface area contributed by atoms with E-state index in [4.69, 9.17) is 0 Å². The van der Waals surface area contributed by atoms with E-state index in [-0.39, 0.29) is 5.75 Å². The predicted molar refractivity (Wildman–Crippen MR) is 55.4 cm³/mol. The molecule has 0 unspecified atom stereocenters. The van der Waals surface area contributed by atoms with Crippen molar-refractivity contribution in [2.75, 3.05) is 0 Å². The summed E-state index contributed by atoms with van der Waals surface area (Å²) in [6, 6.07) is 5.41. The Kier molecular flexibility index (Phi) is 2.81. The molecule has 0 saturated heterocycles. The van der Waals surface area contributed by atoms with Gasteiger partial charge in [-0.3, -0.25) is 0 Å². The largest absolute Gasteiger partial charge is 0.573 e. The van der Waals surface area contributed by atoms with Crippen molar-refractivity contribution in [3.8, 4) is 5.75 Å². The second kappa shape index (κ2) is 3.91. The summed E-state index contributed by atoms with van der Waals surface area (Å²) in [5.41, 5.74) is -0.235. The Hall–Kier alpha value is -1.23. The van der Waals surface area contributed by atoms with E-state index in [1.807, 2.05) is 6.92 Å². The lowest BCUT2D eigenvalue weighted by atomic mass is 9.68. The Morgan fingerprint density at radius 1 is 1.24 bits per heavy atom. The van der Waals surface area contributed by atoms with Crippen molar-refractivity contribution < 1.29 is 23.0 Å². The third-order valence-electron chi connectivity index (χ3n) is 3.00. The summed E-state index contributed by atoms with van der Waals surface area (Å²) < 4.78 is 39.6. The van der Waals surface area contributed by atoms with Crippen LogP contribution in [0.4, 0.5) is 13.2 Å². The fourth-order valence-corrected chi connectivity index (χ4v) is 2.30. The van der Waals surface area contributed by atoms with Crippen molar-refractivity contribution in [3.63, 3.8) is 0 Å². The van der Waals surface area contributed by atoms with Crippen molar-refractivity contribution in [2.24, 2.45) is 5.92 Å². The molecule has 0 atom stereocenters. The number of rotatable bonds is 2. The number of aliphatic hydroxyl groups is 1. The van der Waals surface area contributed by atoms with E-state index in [0.29, 0.717) is 24.3 Å². The van der Waals surface area contributed by atoms with Crippen molar-refractivity contribution >= 4 is 0 Å². The quantitative estimate of drug-likeness (QED) is 0.868. The third kappa shape index (κ3) is 2.72. The zero-order chi connectivity index (χ0) is 12.7. The van der Waals surface area contributed by atoms with Crippen molar-refractivity contribution in [1.82, 2.24) is 0 Å². The Morgan fingerprint density at radius 2 is 1.76 bits per heavy atom. The molecule has 1 aromatic rings. The summed E-state index contributed by atoms with van der Waals surface area (Å²) in [4.78, 5) is 0. The maximum absolute atomic E-state index is 11.9. The number of ether oxygens (including phenoxy) is 1. The second-order valence-electron chi connectivity index (χ2n) is 4.62. The highest BCUT2D eigenvalue weighted by Gasteiger charge is 2.41. The van der Waals surface area contributed by atoms with Crippen LogP contribution in [0.3, 0.4) is 0 Å². The summed E-state index contributed by atoms with van der Waals surface area (Å²) in [6.07, 6.45) is -3.39. The monoisotopic (exact) mass is 246 g/mol. The molecule has 2 nitrogen and oxygen atoms in total. The molecule has 0 spiro atoms. The van der Waals surface area contributed by atoms with Crippen LogP contribution in [-0.4, -0.2) is 11.5 Å². The summed E-state index contributed by atoms with van der Waals surface area (Å²) in [5, 5.41) is 10.1. The normalized spacial score (nSPS) is 28.6. The number of hydrogen-bond donors (Lipinski definition) is 1. The Bertz CT molecular complexity index is 391. The molecule has 0 aliphatic heterocycles. The lowest BCUT2D eigenvalue weighted by Crippen LogP contribution is -2.39. The molecule has 17 heavy (non-hydrogen) atoms. The highest BCUT2D eigenvalue weighted by Crippen LogP contribution is 2.45. The van der Waals surface area contributed by atoms with E-state index in [0.717, 1.165) is 0 Å². The molecule has 94 valence electrons. The van der Waals surface area contributed by atoms with Crippen LogP contribution in [0.1, 0.15) is 25.3 Å². The SMILES string of the molecule is CC1CC(O)(c2ccc(OC(F)(F)F)cc2)C1. The molecule has 1 saturated carbocycles. The molecule has 0 aromatic heterocycles. The fourth-order valence-electron chi connectivity index (χ4n) is 2.30. The van der Waals surface area contributed by atoms with Crippen LogP contribution in [0.2, 0.25) is 0 Å². The molecular weight excluding hydrogens is 233 g/mol. The molecule has 1 N–H and O–H groups in total. The highest BCUT2D eigenvalue weighted by molar-refractivity contribution is 5.32. The summed E-state index contributed by atoms with van der Waals surface area (Å²) in [7, 11) is 0. The Labute approximate surface area is 97.0 Å². The van der Waals surface area contributed by atoms with Crippen LogP contribution in [0, 0.1) is 5.92 Å². The van der Waals surface area contributed by atoms with Gasteiger partial charge in [0.05, 0.1) is 5.60 Å². The molecular formula is C12H13F3O2. The van der Waals surface area contributed by atoms with Gasteiger partial charge in [-0.15, -0.1) is 13.2 Å². The smallest absolute Gasteiger partial charge is 0.406 e. The molecule has 0 radical (unpaired) electrons. The van der Waals surface area contributed by atoms with Crippen LogP contribution >= 0.6 is 0 Å². The van der Waals surface area contributed by atoms with Crippen LogP contribution in [0.15, 0.2) is 24.3 Å². The average molecular weight is 246 g/mol. The molecule has 0 bridgehead atoms. The molecule has 1 aromatic carbocycles. The second-order valence-corrected chi connectivity index (χ2v) is 4.62. The third-order valence-corrected chi connectivity index (χ3v) is 3.00. The van der Waals surface area contributed by atoms with Gasteiger partial charge >= 0.3 is 6.36 Å². The van der Waals surface area contributed by atoms with Gasteiger partial charge in [0.15, 0.2) is 0 Å². The molecule has 2 rings (SSSR count). The molecule has 1 aliphatic carbocycles. The summed E-state index contributed by atoms with van der Waals surface area (Å²) >= 11 is 0. The number of hydrogen-bond acceptors (Lipinski definition) is 2. The molecule has 0 heterocycles. The van der Waals surface area contributed by atoms with Gasteiger partial charge in [0.2, 0.25) is 0 Å². The maximum Gasteiger partial charge on any atom is 0.573 e. The zero-order valence-electron chi connectivity index (χ0n) is 9.29. The topological polar surface area (TPSA) is 29.5 Å². The standard InChI is InChI=1S/C12H13F3O2/c1-8-6-11(16,7-8)9-2-4-10(5-3-9)17-12(13,14)15/h2-5,8,16H,6-7H2,1H3. The van der Waals surface area contributed by atoms with Crippen molar-refractivity contribution in [1.29, 1.82) is 0 Å². The van der Waals surface area contributed by atoms with Gasteiger partial charge in [-0.25, -0.2) is 0 Å². The summed E-state index contributed by atoms with van der Waals surface area (Å²) in [6.45, 7) is 2.02. The molecule has 1 fully saturated rings. The van der Waals surface area contributed by atoms with Gasteiger partial charge in [0.25, 0.3) is 0 Å².